The average Bonchev–Trinajstić information content (AvgIpc) is 3.29. The maximum Gasteiger partial charge on any atom is 0.224 e. The monoisotopic (exact) mass is 399 g/mol. The summed E-state index contributed by atoms with van der Waals surface area (Å²) in [6, 6.07) is 18.9. The summed E-state index contributed by atoms with van der Waals surface area (Å²) in [5.41, 5.74) is 3.08. The minimum atomic E-state index is -0.0233. The number of rotatable bonds is 7. The molecule has 2 aromatic carbocycles. The Kier molecular flexibility index (Phi) is 5.80. The van der Waals surface area contributed by atoms with E-state index in [-0.39, 0.29) is 5.91 Å². The number of aromatic nitrogens is 4. The first-order valence-electron chi connectivity index (χ1n) is 9.61. The molecule has 7 nitrogen and oxygen atoms in total. The minimum Gasteiger partial charge on any atom is -0.439 e. The van der Waals surface area contributed by atoms with E-state index in [1.54, 1.807) is 47.4 Å². The van der Waals surface area contributed by atoms with Gasteiger partial charge in [-0.25, -0.2) is 14.6 Å². The molecule has 0 atom stereocenters. The van der Waals surface area contributed by atoms with Crippen LogP contribution in [0.3, 0.4) is 0 Å². The fourth-order valence-electron chi connectivity index (χ4n) is 2.99. The van der Waals surface area contributed by atoms with Crippen molar-refractivity contribution in [3.63, 3.8) is 0 Å². The Morgan fingerprint density at radius 1 is 1.07 bits per heavy atom. The van der Waals surface area contributed by atoms with E-state index in [0.29, 0.717) is 30.3 Å². The predicted octanol–water partition coefficient (Wildman–Crippen LogP) is 4.33. The molecule has 0 bridgehead atoms. The average molecular weight is 399 g/mol. The summed E-state index contributed by atoms with van der Waals surface area (Å²) < 4.78 is 7.42. The number of hydrogen-bond acceptors (Lipinski definition) is 5. The molecule has 30 heavy (non-hydrogen) atoms. The Morgan fingerprint density at radius 3 is 2.70 bits per heavy atom. The van der Waals surface area contributed by atoms with Crippen molar-refractivity contribution in [2.45, 2.75) is 19.8 Å². The third-order valence-electron chi connectivity index (χ3n) is 4.45. The molecule has 0 fully saturated rings. The van der Waals surface area contributed by atoms with E-state index < -0.39 is 0 Å². The third kappa shape index (κ3) is 5.08. The first-order chi connectivity index (χ1) is 14.7. The molecule has 0 radical (unpaired) electrons. The number of anilines is 1. The van der Waals surface area contributed by atoms with E-state index >= 15 is 0 Å². The van der Waals surface area contributed by atoms with Crippen molar-refractivity contribution in [2.24, 2.45) is 0 Å². The van der Waals surface area contributed by atoms with Crippen LogP contribution in [0.2, 0.25) is 0 Å². The Hall–Kier alpha value is -4.00. The number of carbonyl (C=O) groups is 1. The quantitative estimate of drug-likeness (QED) is 0.500. The number of hydrogen-bond donors (Lipinski definition) is 1. The van der Waals surface area contributed by atoms with E-state index in [4.69, 9.17) is 4.74 Å². The number of ether oxygens (including phenoxy) is 1. The number of nitrogens with one attached hydrogen (secondary N) is 1. The molecule has 0 saturated heterocycles. The number of aryl methyl sites for hydroxylation is 2. The summed E-state index contributed by atoms with van der Waals surface area (Å²) in [5, 5.41) is 7.06. The van der Waals surface area contributed by atoms with Crippen LogP contribution in [0.5, 0.6) is 11.6 Å². The van der Waals surface area contributed by atoms with Crippen molar-refractivity contribution < 1.29 is 9.53 Å². The fourth-order valence-corrected chi connectivity index (χ4v) is 2.99. The predicted molar refractivity (Wildman–Crippen MR) is 114 cm³/mol. The molecule has 1 amide bonds. The van der Waals surface area contributed by atoms with Gasteiger partial charge in [-0.1, -0.05) is 29.8 Å². The van der Waals surface area contributed by atoms with Crippen LogP contribution in [-0.2, 0) is 11.2 Å². The van der Waals surface area contributed by atoms with Crippen molar-refractivity contribution >= 4 is 11.6 Å². The van der Waals surface area contributed by atoms with Crippen molar-refractivity contribution in [1.29, 1.82) is 0 Å². The normalized spacial score (nSPS) is 10.6. The highest BCUT2D eigenvalue weighted by Crippen LogP contribution is 2.22. The summed E-state index contributed by atoms with van der Waals surface area (Å²) >= 11 is 0. The summed E-state index contributed by atoms with van der Waals surface area (Å²) in [6.45, 7) is 2.05. The van der Waals surface area contributed by atoms with E-state index in [1.807, 2.05) is 31.2 Å². The minimum absolute atomic E-state index is 0.0233. The maximum atomic E-state index is 12.2. The van der Waals surface area contributed by atoms with Crippen LogP contribution < -0.4 is 10.1 Å². The zero-order valence-electron chi connectivity index (χ0n) is 16.5. The molecule has 1 N–H and O–H groups in total. The van der Waals surface area contributed by atoms with Gasteiger partial charge in [0, 0.05) is 30.6 Å². The van der Waals surface area contributed by atoms with Gasteiger partial charge in [0.25, 0.3) is 0 Å². The second-order valence-corrected chi connectivity index (χ2v) is 6.83. The molecule has 0 saturated carbocycles. The first-order valence-corrected chi connectivity index (χ1v) is 9.61. The molecule has 4 aromatic rings. The molecule has 0 spiro atoms. The summed E-state index contributed by atoms with van der Waals surface area (Å²) in [5.74, 6) is 1.61. The van der Waals surface area contributed by atoms with Crippen molar-refractivity contribution in [1.82, 2.24) is 19.7 Å². The van der Waals surface area contributed by atoms with Gasteiger partial charge in [0.1, 0.15) is 12.1 Å². The Labute approximate surface area is 174 Å². The SMILES string of the molecule is Cc1cccc(CCC(=O)Nc2ccc(Oc3cc(-n4cccn4)ncn3)cc2)c1. The van der Waals surface area contributed by atoms with Gasteiger partial charge in [-0.2, -0.15) is 5.10 Å². The van der Waals surface area contributed by atoms with Crippen LogP contribution in [-0.4, -0.2) is 25.7 Å². The maximum absolute atomic E-state index is 12.2. The standard InChI is InChI=1S/C23H21N5O2/c1-17-4-2-5-18(14-17)6-11-22(29)27-19-7-9-20(10-8-19)30-23-15-21(24-16-25-23)28-13-3-12-26-28/h2-5,7-10,12-16H,6,11H2,1H3,(H,27,29). The zero-order chi connectivity index (χ0) is 20.8. The second kappa shape index (κ2) is 9.00. The Morgan fingerprint density at radius 2 is 1.93 bits per heavy atom. The lowest BCUT2D eigenvalue weighted by Gasteiger charge is -2.08. The fraction of sp³-hybridized carbons (Fsp3) is 0.130. The highest BCUT2D eigenvalue weighted by molar-refractivity contribution is 5.90. The van der Waals surface area contributed by atoms with Gasteiger partial charge in [0.05, 0.1) is 0 Å². The molecule has 0 aliphatic rings. The molecular formula is C23H21N5O2. The molecule has 0 aliphatic heterocycles. The van der Waals surface area contributed by atoms with Crippen LogP contribution in [0.1, 0.15) is 17.5 Å². The highest BCUT2D eigenvalue weighted by Gasteiger charge is 2.06. The lowest BCUT2D eigenvalue weighted by atomic mass is 10.1. The molecule has 2 heterocycles. The van der Waals surface area contributed by atoms with Crippen LogP contribution >= 0.6 is 0 Å². The Bertz CT molecular complexity index is 1120. The van der Waals surface area contributed by atoms with E-state index in [1.165, 1.54) is 11.9 Å². The molecule has 7 heteroatoms. The number of benzene rings is 2. The smallest absolute Gasteiger partial charge is 0.224 e. The second-order valence-electron chi connectivity index (χ2n) is 6.83. The molecule has 150 valence electrons. The van der Waals surface area contributed by atoms with Gasteiger partial charge in [0.15, 0.2) is 5.82 Å². The molecule has 4 rings (SSSR count). The molecular weight excluding hydrogens is 378 g/mol. The van der Waals surface area contributed by atoms with Gasteiger partial charge < -0.3 is 10.1 Å². The topological polar surface area (TPSA) is 81.9 Å². The Balaban J connectivity index is 1.33. The summed E-state index contributed by atoms with van der Waals surface area (Å²) in [6.07, 6.45) is 6.04. The van der Waals surface area contributed by atoms with Crippen molar-refractivity contribution in [3.05, 3.63) is 90.5 Å². The lowest BCUT2D eigenvalue weighted by molar-refractivity contribution is -0.116. The number of nitrogens with zero attached hydrogens (tertiary/aromatic N) is 4. The van der Waals surface area contributed by atoms with E-state index in [2.05, 4.69) is 26.4 Å². The van der Waals surface area contributed by atoms with Gasteiger partial charge in [0.2, 0.25) is 11.8 Å². The molecule has 0 aliphatic carbocycles. The van der Waals surface area contributed by atoms with E-state index in [0.717, 1.165) is 11.3 Å². The number of amides is 1. The van der Waals surface area contributed by atoms with Crippen molar-refractivity contribution in [2.75, 3.05) is 5.32 Å². The highest BCUT2D eigenvalue weighted by atomic mass is 16.5. The van der Waals surface area contributed by atoms with Gasteiger partial charge in [-0.3, -0.25) is 4.79 Å². The summed E-state index contributed by atoms with van der Waals surface area (Å²) in [7, 11) is 0. The largest absolute Gasteiger partial charge is 0.439 e. The van der Waals surface area contributed by atoms with Crippen LogP contribution in [0, 0.1) is 6.92 Å². The summed E-state index contributed by atoms with van der Waals surface area (Å²) in [4.78, 5) is 20.5. The number of carbonyl (C=O) groups excluding carboxylic acids is 1. The lowest BCUT2D eigenvalue weighted by Crippen LogP contribution is -2.12. The zero-order valence-corrected chi connectivity index (χ0v) is 16.5. The van der Waals surface area contributed by atoms with E-state index in [9.17, 15) is 4.79 Å². The van der Waals surface area contributed by atoms with Crippen LogP contribution in [0.4, 0.5) is 5.69 Å². The van der Waals surface area contributed by atoms with Gasteiger partial charge in [-0.15, -0.1) is 0 Å². The first kappa shape index (κ1) is 19.3. The molecule has 2 aromatic heterocycles. The van der Waals surface area contributed by atoms with Crippen LogP contribution in [0.15, 0.2) is 79.4 Å². The van der Waals surface area contributed by atoms with Crippen LogP contribution in [0.25, 0.3) is 5.82 Å². The van der Waals surface area contributed by atoms with Gasteiger partial charge in [-0.05, 0) is 49.2 Å². The third-order valence-corrected chi connectivity index (χ3v) is 4.45. The van der Waals surface area contributed by atoms with Crippen molar-refractivity contribution in [3.8, 4) is 17.4 Å². The molecule has 0 unspecified atom stereocenters. The van der Waals surface area contributed by atoms with Gasteiger partial charge >= 0.3 is 0 Å².